The number of benzene rings is 1. The standard InChI is InChI=1S/C12H15NO/c1-7(2)11-10(14)5-4-9-6-8(3)13-12(9)11/h4-7,13-14H,1-3H3. The molecule has 2 rings (SSSR count). The molecule has 0 saturated carbocycles. The Labute approximate surface area is 83.6 Å². The van der Waals surface area contributed by atoms with E-state index in [9.17, 15) is 5.11 Å². The normalized spacial score (nSPS) is 11.4. The highest BCUT2D eigenvalue weighted by Crippen LogP contribution is 2.32. The van der Waals surface area contributed by atoms with Crippen LogP contribution in [0.25, 0.3) is 10.9 Å². The molecule has 2 aromatic rings. The van der Waals surface area contributed by atoms with Crippen LogP contribution in [0.1, 0.15) is 31.0 Å². The summed E-state index contributed by atoms with van der Waals surface area (Å²) in [6.45, 7) is 6.20. The van der Waals surface area contributed by atoms with Gasteiger partial charge >= 0.3 is 0 Å². The van der Waals surface area contributed by atoms with E-state index in [-0.39, 0.29) is 0 Å². The molecule has 0 atom stereocenters. The number of H-pyrrole nitrogens is 1. The Morgan fingerprint density at radius 3 is 2.64 bits per heavy atom. The summed E-state index contributed by atoms with van der Waals surface area (Å²) in [6.07, 6.45) is 0. The van der Waals surface area contributed by atoms with Crippen LogP contribution in [0.15, 0.2) is 18.2 Å². The van der Waals surface area contributed by atoms with E-state index >= 15 is 0 Å². The molecule has 0 aliphatic heterocycles. The Morgan fingerprint density at radius 2 is 2.00 bits per heavy atom. The van der Waals surface area contributed by atoms with E-state index < -0.39 is 0 Å². The minimum atomic E-state index is 0.330. The predicted octanol–water partition coefficient (Wildman–Crippen LogP) is 3.31. The largest absolute Gasteiger partial charge is 0.508 e. The monoisotopic (exact) mass is 189 g/mol. The summed E-state index contributed by atoms with van der Waals surface area (Å²) in [4.78, 5) is 3.29. The van der Waals surface area contributed by atoms with E-state index in [4.69, 9.17) is 0 Å². The maximum Gasteiger partial charge on any atom is 0.121 e. The summed E-state index contributed by atoms with van der Waals surface area (Å²) in [5.41, 5.74) is 3.21. The summed E-state index contributed by atoms with van der Waals surface area (Å²) in [7, 11) is 0. The van der Waals surface area contributed by atoms with E-state index in [0.29, 0.717) is 11.7 Å². The number of aromatic nitrogens is 1. The molecule has 1 aromatic carbocycles. The second kappa shape index (κ2) is 3.05. The molecule has 1 aromatic heterocycles. The maximum absolute atomic E-state index is 9.77. The quantitative estimate of drug-likeness (QED) is 0.709. The molecule has 0 spiro atoms. The maximum atomic E-state index is 9.77. The summed E-state index contributed by atoms with van der Waals surface area (Å²) in [6, 6.07) is 5.81. The molecule has 14 heavy (non-hydrogen) atoms. The number of aromatic hydroxyl groups is 1. The van der Waals surface area contributed by atoms with Crippen LogP contribution in [0.4, 0.5) is 0 Å². The highest BCUT2D eigenvalue weighted by atomic mass is 16.3. The molecule has 0 bridgehead atoms. The summed E-state index contributed by atoms with van der Waals surface area (Å²) < 4.78 is 0. The van der Waals surface area contributed by atoms with Gasteiger partial charge in [0.25, 0.3) is 0 Å². The lowest BCUT2D eigenvalue weighted by Crippen LogP contribution is -1.90. The van der Waals surface area contributed by atoms with Crippen LogP contribution in [0.5, 0.6) is 5.75 Å². The van der Waals surface area contributed by atoms with Crippen LogP contribution < -0.4 is 0 Å². The van der Waals surface area contributed by atoms with E-state index in [1.54, 1.807) is 6.07 Å². The van der Waals surface area contributed by atoms with E-state index in [1.807, 2.05) is 13.0 Å². The molecule has 2 N–H and O–H groups in total. The van der Waals surface area contributed by atoms with Gasteiger partial charge in [-0.3, -0.25) is 0 Å². The van der Waals surface area contributed by atoms with E-state index in [2.05, 4.69) is 24.9 Å². The Hall–Kier alpha value is -1.44. The fourth-order valence-electron chi connectivity index (χ4n) is 1.94. The fourth-order valence-corrected chi connectivity index (χ4v) is 1.94. The van der Waals surface area contributed by atoms with Gasteiger partial charge in [0.2, 0.25) is 0 Å². The number of aryl methyl sites for hydroxylation is 1. The Bertz CT molecular complexity index is 468. The summed E-state index contributed by atoms with van der Waals surface area (Å²) >= 11 is 0. The molecule has 0 aliphatic rings. The first-order chi connectivity index (χ1) is 6.59. The third-order valence-electron chi connectivity index (χ3n) is 2.53. The molecular weight excluding hydrogens is 174 g/mol. The van der Waals surface area contributed by atoms with Crippen molar-refractivity contribution in [2.24, 2.45) is 0 Å². The van der Waals surface area contributed by atoms with Crippen molar-refractivity contribution in [1.29, 1.82) is 0 Å². The first-order valence-electron chi connectivity index (χ1n) is 4.91. The van der Waals surface area contributed by atoms with Gasteiger partial charge in [-0.2, -0.15) is 0 Å². The van der Waals surface area contributed by atoms with Crippen LogP contribution in [0.3, 0.4) is 0 Å². The van der Waals surface area contributed by atoms with Crippen molar-refractivity contribution in [3.05, 3.63) is 29.5 Å². The first kappa shape index (κ1) is 9.13. The highest BCUT2D eigenvalue weighted by molar-refractivity contribution is 5.86. The summed E-state index contributed by atoms with van der Waals surface area (Å²) in [5.74, 6) is 0.714. The van der Waals surface area contributed by atoms with Gasteiger partial charge in [0, 0.05) is 16.6 Å². The van der Waals surface area contributed by atoms with Crippen molar-refractivity contribution >= 4 is 10.9 Å². The zero-order valence-corrected chi connectivity index (χ0v) is 8.76. The lowest BCUT2D eigenvalue weighted by atomic mass is 9.99. The molecule has 74 valence electrons. The number of phenolic OH excluding ortho intramolecular Hbond substituents is 1. The van der Waals surface area contributed by atoms with Gasteiger partial charge in [0.05, 0.1) is 5.52 Å². The van der Waals surface area contributed by atoms with Gasteiger partial charge in [-0.25, -0.2) is 0 Å². The zero-order valence-electron chi connectivity index (χ0n) is 8.76. The molecule has 0 saturated heterocycles. The number of hydrogen-bond donors (Lipinski definition) is 2. The smallest absolute Gasteiger partial charge is 0.121 e. The molecular formula is C12H15NO. The van der Waals surface area contributed by atoms with Gasteiger partial charge < -0.3 is 10.1 Å². The van der Waals surface area contributed by atoms with E-state index in [1.165, 1.54) is 5.39 Å². The second-order valence-electron chi connectivity index (χ2n) is 4.07. The summed E-state index contributed by atoms with van der Waals surface area (Å²) in [5, 5.41) is 10.9. The number of phenols is 1. The van der Waals surface area contributed by atoms with Gasteiger partial charge in [0.15, 0.2) is 0 Å². The number of hydrogen-bond acceptors (Lipinski definition) is 1. The third-order valence-corrected chi connectivity index (χ3v) is 2.53. The average Bonchev–Trinajstić information content (AvgIpc) is 2.43. The lowest BCUT2D eigenvalue weighted by Gasteiger charge is -2.09. The highest BCUT2D eigenvalue weighted by Gasteiger charge is 2.11. The Kier molecular flexibility index (Phi) is 1.99. The van der Waals surface area contributed by atoms with Crippen molar-refractivity contribution < 1.29 is 5.11 Å². The zero-order chi connectivity index (χ0) is 10.3. The molecule has 0 amide bonds. The second-order valence-corrected chi connectivity index (χ2v) is 4.07. The van der Waals surface area contributed by atoms with Crippen molar-refractivity contribution in [1.82, 2.24) is 4.98 Å². The molecule has 0 aliphatic carbocycles. The lowest BCUT2D eigenvalue weighted by molar-refractivity contribution is 0.466. The minimum absolute atomic E-state index is 0.330. The van der Waals surface area contributed by atoms with Crippen molar-refractivity contribution in [2.45, 2.75) is 26.7 Å². The van der Waals surface area contributed by atoms with Crippen LogP contribution >= 0.6 is 0 Å². The first-order valence-corrected chi connectivity index (χ1v) is 4.91. The Balaban J connectivity index is 2.82. The van der Waals surface area contributed by atoms with Crippen molar-refractivity contribution in [3.8, 4) is 5.75 Å². The molecule has 1 heterocycles. The van der Waals surface area contributed by atoms with Gasteiger partial charge in [-0.15, -0.1) is 0 Å². The minimum Gasteiger partial charge on any atom is -0.508 e. The van der Waals surface area contributed by atoms with Crippen LogP contribution in [-0.4, -0.2) is 10.1 Å². The predicted molar refractivity (Wildman–Crippen MR) is 58.8 cm³/mol. The van der Waals surface area contributed by atoms with Gasteiger partial charge in [-0.05, 0) is 31.0 Å². The fraction of sp³-hybridized carbons (Fsp3) is 0.333. The number of aromatic amines is 1. The van der Waals surface area contributed by atoms with Crippen LogP contribution in [0.2, 0.25) is 0 Å². The number of fused-ring (bicyclic) bond motifs is 1. The van der Waals surface area contributed by atoms with E-state index in [0.717, 1.165) is 16.8 Å². The van der Waals surface area contributed by atoms with Gasteiger partial charge in [0.1, 0.15) is 5.75 Å². The molecule has 0 fully saturated rings. The van der Waals surface area contributed by atoms with Crippen LogP contribution in [-0.2, 0) is 0 Å². The number of rotatable bonds is 1. The third kappa shape index (κ3) is 1.27. The molecule has 0 unspecified atom stereocenters. The SMILES string of the molecule is Cc1cc2ccc(O)c(C(C)C)c2[nH]1. The molecule has 2 heteroatoms. The van der Waals surface area contributed by atoms with Crippen molar-refractivity contribution in [3.63, 3.8) is 0 Å². The average molecular weight is 189 g/mol. The topological polar surface area (TPSA) is 36.0 Å². The number of nitrogens with one attached hydrogen (secondary N) is 1. The van der Waals surface area contributed by atoms with Crippen LogP contribution in [0, 0.1) is 6.92 Å². The molecule has 2 nitrogen and oxygen atoms in total. The van der Waals surface area contributed by atoms with Gasteiger partial charge in [-0.1, -0.05) is 13.8 Å². The molecule has 0 radical (unpaired) electrons. The van der Waals surface area contributed by atoms with Crippen molar-refractivity contribution in [2.75, 3.05) is 0 Å². The Morgan fingerprint density at radius 1 is 1.29 bits per heavy atom.